The highest BCUT2D eigenvalue weighted by atomic mass is 32.2. The predicted molar refractivity (Wildman–Crippen MR) is 103 cm³/mol. The molecule has 1 aliphatic rings. The molecule has 0 saturated carbocycles. The van der Waals surface area contributed by atoms with Crippen LogP contribution in [0.4, 0.5) is 0 Å². The van der Waals surface area contributed by atoms with Gasteiger partial charge in [0.15, 0.2) is 0 Å². The molecule has 1 atom stereocenters. The van der Waals surface area contributed by atoms with Gasteiger partial charge in [0.25, 0.3) is 0 Å². The number of nitrogens with zero attached hydrogens (tertiary/aromatic N) is 4. The monoisotopic (exact) mass is 366 g/mol. The summed E-state index contributed by atoms with van der Waals surface area (Å²) in [5.74, 6) is 1.61. The number of hydrogen-bond donors (Lipinski definition) is 0. The van der Waals surface area contributed by atoms with Crippen LogP contribution in [0, 0.1) is 5.92 Å². The van der Waals surface area contributed by atoms with Crippen molar-refractivity contribution >= 4 is 39.0 Å². The van der Waals surface area contributed by atoms with Gasteiger partial charge in [0.05, 0.1) is 5.69 Å². The van der Waals surface area contributed by atoms with Crippen molar-refractivity contribution in [1.29, 1.82) is 0 Å². The molecule has 4 aromatic heterocycles. The third kappa shape index (κ3) is 2.73. The molecule has 4 aromatic rings. The molecule has 1 aliphatic carbocycles. The van der Waals surface area contributed by atoms with Crippen LogP contribution in [-0.4, -0.2) is 19.4 Å². The highest BCUT2D eigenvalue weighted by Gasteiger charge is 2.23. The minimum atomic E-state index is 0.780. The summed E-state index contributed by atoms with van der Waals surface area (Å²) in [6, 6.07) is 6.08. The van der Waals surface area contributed by atoms with E-state index in [-0.39, 0.29) is 0 Å². The lowest BCUT2D eigenvalue weighted by Crippen LogP contribution is -2.08. The molecule has 0 saturated heterocycles. The van der Waals surface area contributed by atoms with Gasteiger partial charge in [-0.25, -0.2) is 15.0 Å². The van der Waals surface area contributed by atoms with Crippen molar-refractivity contribution in [2.24, 2.45) is 5.92 Å². The van der Waals surface area contributed by atoms with E-state index in [2.05, 4.69) is 27.5 Å². The van der Waals surface area contributed by atoms with Gasteiger partial charge in [-0.05, 0) is 42.9 Å². The zero-order valence-corrected chi connectivity index (χ0v) is 15.6. The lowest BCUT2D eigenvalue weighted by atomic mass is 9.89. The maximum Gasteiger partial charge on any atom is 0.137 e. The van der Waals surface area contributed by atoms with Crippen LogP contribution in [0.3, 0.4) is 0 Å². The number of thioether (sulfide) groups is 1. The van der Waals surface area contributed by atoms with E-state index in [1.54, 1.807) is 18.1 Å². The number of imidazole rings is 1. The quantitative estimate of drug-likeness (QED) is 0.387. The molecule has 0 amide bonds. The van der Waals surface area contributed by atoms with E-state index in [1.807, 2.05) is 35.7 Å². The summed E-state index contributed by atoms with van der Waals surface area (Å²) in [6.07, 6.45) is 9.46. The lowest BCUT2D eigenvalue weighted by molar-refractivity contribution is 0.509. The molecule has 25 heavy (non-hydrogen) atoms. The molecule has 4 heterocycles. The van der Waals surface area contributed by atoms with Crippen molar-refractivity contribution in [3.05, 3.63) is 53.1 Å². The Balaban J connectivity index is 1.48. The number of fused-ring (bicyclic) bond motifs is 4. The van der Waals surface area contributed by atoms with Gasteiger partial charge < -0.3 is 4.40 Å². The van der Waals surface area contributed by atoms with Crippen molar-refractivity contribution in [2.45, 2.75) is 37.0 Å². The van der Waals surface area contributed by atoms with E-state index < -0.39 is 0 Å². The van der Waals surface area contributed by atoms with Crippen LogP contribution in [0.15, 0.2) is 41.9 Å². The van der Waals surface area contributed by atoms with Gasteiger partial charge in [-0.1, -0.05) is 24.8 Å². The van der Waals surface area contributed by atoms with Gasteiger partial charge >= 0.3 is 0 Å². The summed E-state index contributed by atoms with van der Waals surface area (Å²) in [4.78, 5) is 16.5. The largest absolute Gasteiger partial charge is 0.307 e. The predicted octanol–water partition coefficient (Wildman–Crippen LogP) is 4.76. The smallest absolute Gasteiger partial charge is 0.137 e. The molecule has 6 heteroatoms. The molecule has 126 valence electrons. The number of rotatable bonds is 3. The third-order valence-electron chi connectivity index (χ3n) is 4.83. The fourth-order valence-corrected chi connectivity index (χ4v) is 5.88. The number of hydrogen-bond acceptors (Lipinski definition) is 5. The molecule has 0 aromatic carbocycles. The van der Waals surface area contributed by atoms with Gasteiger partial charge in [0.1, 0.15) is 21.8 Å². The number of pyridine rings is 1. The van der Waals surface area contributed by atoms with Crippen LogP contribution in [0.25, 0.3) is 15.9 Å². The highest BCUT2D eigenvalue weighted by Crippen LogP contribution is 2.40. The Morgan fingerprint density at radius 2 is 2.28 bits per heavy atom. The van der Waals surface area contributed by atoms with Crippen LogP contribution < -0.4 is 0 Å². The van der Waals surface area contributed by atoms with Crippen molar-refractivity contribution in [1.82, 2.24) is 19.4 Å². The standard InChI is InChI=1S/C19H18N4S2/c1-12-5-6-14-15(8-12)25-19-17(14)18(20-11-21-19)24-10-13-9-23-7-3-2-4-16(23)22-13/h2-4,7,9,11-12H,5-6,8,10H2,1H3/t12-/m1/s1. The fraction of sp³-hybridized carbons (Fsp3) is 0.316. The summed E-state index contributed by atoms with van der Waals surface area (Å²) < 4.78 is 2.07. The topological polar surface area (TPSA) is 43.1 Å². The second-order valence-corrected chi connectivity index (χ2v) is 8.75. The molecule has 0 radical (unpaired) electrons. The molecule has 0 unspecified atom stereocenters. The Morgan fingerprint density at radius 1 is 1.32 bits per heavy atom. The Hall–Kier alpha value is -1.92. The SMILES string of the molecule is C[C@@H]1CCc2c(sc3ncnc(SCc4cn5ccccc5n4)c23)C1. The van der Waals surface area contributed by atoms with Crippen molar-refractivity contribution in [3.8, 4) is 0 Å². The van der Waals surface area contributed by atoms with Gasteiger partial charge in [-0.3, -0.25) is 0 Å². The highest BCUT2D eigenvalue weighted by molar-refractivity contribution is 7.98. The Kier molecular flexibility index (Phi) is 3.75. The average Bonchev–Trinajstić information content (AvgIpc) is 3.20. The first-order chi connectivity index (χ1) is 12.3. The van der Waals surface area contributed by atoms with Gasteiger partial charge in [-0.15, -0.1) is 11.3 Å². The van der Waals surface area contributed by atoms with E-state index >= 15 is 0 Å². The maximum atomic E-state index is 4.69. The summed E-state index contributed by atoms with van der Waals surface area (Å²) in [5.41, 5.74) is 3.57. The maximum absolute atomic E-state index is 4.69. The second-order valence-electron chi connectivity index (χ2n) is 6.70. The van der Waals surface area contributed by atoms with E-state index in [1.165, 1.54) is 28.7 Å². The van der Waals surface area contributed by atoms with Crippen molar-refractivity contribution in [2.75, 3.05) is 0 Å². The van der Waals surface area contributed by atoms with Crippen LogP contribution in [0.1, 0.15) is 29.5 Å². The van der Waals surface area contributed by atoms with Crippen LogP contribution in [0.5, 0.6) is 0 Å². The fourth-order valence-electron chi connectivity index (χ4n) is 3.55. The summed E-state index contributed by atoms with van der Waals surface area (Å²) in [7, 11) is 0. The van der Waals surface area contributed by atoms with Crippen LogP contribution >= 0.6 is 23.1 Å². The first kappa shape index (κ1) is 15.3. The average molecular weight is 367 g/mol. The first-order valence-corrected chi connectivity index (χ1v) is 10.4. The van der Waals surface area contributed by atoms with Gasteiger partial charge in [0.2, 0.25) is 0 Å². The normalized spacial score (nSPS) is 17.2. The van der Waals surface area contributed by atoms with Gasteiger partial charge in [-0.2, -0.15) is 0 Å². The summed E-state index contributed by atoms with van der Waals surface area (Å²) in [5, 5.41) is 2.40. The molecule has 0 spiro atoms. The molecule has 0 aliphatic heterocycles. The van der Waals surface area contributed by atoms with E-state index in [4.69, 9.17) is 4.98 Å². The molecule has 5 rings (SSSR count). The summed E-state index contributed by atoms with van der Waals surface area (Å²) >= 11 is 3.64. The molecule has 0 N–H and O–H groups in total. The molecule has 0 bridgehead atoms. The second kappa shape index (κ2) is 6.11. The Labute approximate surface area is 154 Å². The Bertz CT molecular complexity index is 1030. The number of aryl methyl sites for hydroxylation is 1. The number of thiophene rings is 1. The molecule has 4 nitrogen and oxygen atoms in total. The van der Waals surface area contributed by atoms with Crippen LogP contribution in [-0.2, 0) is 18.6 Å². The van der Waals surface area contributed by atoms with E-state index in [0.29, 0.717) is 0 Å². The van der Waals surface area contributed by atoms with Gasteiger partial charge in [0, 0.05) is 28.4 Å². The minimum absolute atomic E-state index is 0.780. The zero-order valence-electron chi connectivity index (χ0n) is 14.0. The molecular formula is C19H18N4S2. The molecular weight excluding hydrogens is 348 g/mol. The van der Waals surface area contributed by atoms with Crippen LogP contribution in [0.2, 0.25) is 0 Å². The third-order valence-corrected chi connectivity index (χ3v) is 7.01. The number of aromatic nitrogens is 4. The molecule has 0 fully saturated rings. The van der Waals surface area contributed by atoms with Crippen molar-refractivity contribution in [3.63, 3.8) is 0 Å². The lowest BCUT2D eigenvalue weighted by Gasteiger charge is -2.18. The van der Waals surface area contributed by atoms with E-state index in [0.717, 1.165) is 39.3 Å². The minimum Gasteiger partial charge on any atom is -0.307 e. The van der Waals surface area contributed by atoms with Crippen molar-refractivity contribution < 1.29 is 0 Å². The first-order valence-electron chi connectivity index (χ1n) is 8.58. The Morgan fingerprint density at radius 3 is 3.20 bits per heavy atom. The summed E-state index contributed by atoms with van der Waals surface area (Å²) in [6.45, 7) is 2.35. The zero-order chi connectivity index (χ0) is 16.8. The van der Waals surface area contributed by atoms with E-state index in [9.17, 15) is 0 Å².